The van der Waals surface area contributed by atoms with Crippen molar-refractivity contribution in [2.45, 2.75) is 12.5 Å². The van der Waals surface area contributed by atoms with E-state index in [0.29, 0.717) is 6.42 Å². The Morgan fingerprint density at radius 3 is 2.81 bits per heavy atom. The van der Waals surface area contributed by atoms with Crippen LogP contribution in [-0.2, 0) is 16.0 Å². The molecule has 0 amide bonds. The average Bonchev–Trinajstić information content (AvgIpc) is 2.29. The SMILES string of the molecule is COCC(N)C(=O)Cc1cccc(OC)c1. The minimum atomic E-state index is -0.559. The Hall–Kier alpha value is -1.39. The van der Waals surface area contributed by atoms with E-state index in [1.165, 1.54) is 7.11 Å². The van der Waals surface area contributed by atoms with Crippen molar-refractivity contribution in [3.05, 3.63) is 29.8 Å². The monoisotopic (exact) mass is 223 g/mol. The molecular formula is C12H17NO3. The van der Waals surface area contributed by atoms with E-state index in [4.69, 9.17) is 15.2 Å². The Bertz CT molecular complexity index is 352. The van der Waals surface area contributed by atoms with Gasteiger partial charge in [0.25, 0.3) is 0 Å². The highest BCUT2D eigenvalue weighted by molar-refractivity contribution is 5.86. The van der Waals surface area contributed by atoms with Crippen LogP contribution in [0, 0.1) is 0 Å². The molecule has 0 aliphatic carbocycles. The van der Waals surface area contributed by atoms with E-state index >= 15 is 0 Å². The first-order valence-electron chi connectivity index (χ1n) is 5.07. The van der Waals surface area contributed by atoms with Gasteiger partial charge in [-0.05, 0) is 17.7 Å². The molecule has 16 heavy (non-hydrogen) atoms. The molecule has 0 saturated carbocycles. The number of Topliss-reactive ketones (excluding diaryl/α,β-unsaturated/α-hetero) is 1. The fourth-order valence-corrected chi connectivity index (χ4v) is 1.39. The molecule has 4 heteroatoms. The highest BCUT2D eigenvalue weighted by Crippen LogP contribution is 2.13. The van der Waals surface area contributed by atoms with Crippen LogP contribution in [0.4, 0.5) is 0 Å². The molecule has 1 rings (SSSR count). The van der Waals surface area contributed by atoms with Crippen LogP contribution in [0.3, 0.4) is 0 Å². The van der Waals surface area contributed by atoms with Gasteiger partial charge in [-0.2, -0.15) is 0 Å². The Balaban J connectivity index is 2.61. The summed E-state index contributed by atoms with van der Waals surface area (Å²) in [5.41, 5.74) is 6.54. The van der Waals surface area contributed by atoms with Crippen LogP contribution >= 0.6 is 0 Å². The van der Waals surface area contributed by atoms with Crippen molar-refractivity contribution in [1.82, 2.24) is 0 Å². The van der Waals surface area contributed by atoms with Gasteiger partial charge in [0.2, 0.25) is 0 Å². The van der Waals surface area contributed by atoms with Gasteiger partial charge in [-0.3, -0.25) is 4.79 Å². The Kier molecular flexibility index (Phi) is 4.95. The molecule has 0 bridgehead atoms. The lowest BCUT2D eigenvalue weighted by Gasteiger charge is -2.09. The molecule has 4 nitrogen and oxygen atoms in total. The second-order valence-electron chi connectivity index (χ2n) is 3.56. The van der Waals surface area contributed by atoms with Crippen molar-refractivity contribution in [3.63, 3.8) is 0 Å². The van der Waals surface area contributed by atoms with E-state index in [1.54, 1.807) is 7.11 Å². The summed E-state index contributed by atoms with van der Waals surface area (Å²) in [7, 11) is 3.12. The number of ether oxygens (including phenoxy) is 2. The molecule has 0 aliphatic rings. The molecule has 0 saturated heterocycles. The zero-order valence-corrected chi connectivity index (χ0v) is 9.60. The predicted octanol–water partition coefficient (Wildman–Crippen LogP) is 0.780. The molecule has 0 fully saturated rings. The number of rotatable bonds is 6. The van der Waals surface area contributed by atoms with Gasteiger partial charge in [-0.25, -0.2) is 0 Å². The Labute approximate surface area is 95.3 Å². The van der Waals surface area contributed by atoms with Crippen molar-refractivity contribution >= 4 is 5.78 Å². The lowest BCUT2D eigenvalue weighted by Crippen LogP contribution is -2.35. The summed E-state index contributed by atoms with van der Waals surface area (Å²) in [4.78, 5) is 11.7. The van der Waals surface area contributed by atoms with Gasteiger partial charge in [-0.15, -0.1) is 0 Å². The third kappa shape index (κ3) is 3.64. The van der Waals surface area contributed by atoms with Gasteiger partial charge in [0.1, 0.15) is 5.75 Å². The maximum absolute atomic E-state index is 11.7. The van der Waals surface area contributed by atoms with Gasteiger partial charge in [0.15, 0.2) is 5.78 Å². The fraction of sp³-hybridized carbons (Fsp3) is 0.417. The van der Waals surface area contributed by atoms with E-state index in [1.807, 2.05) is 24.3 Å². The summed E-state index contributed by atoms with van der Waals surface area (Å²) in [5, 5.41) is 0. The first-order chi connectivity index (χ1) is 7.67. The van der Waals surface area contributed by atoms with Crippen LogP contribution in [0.15, 0.2) is 24.3 Å². The predicted molar refractivity (Wildman–Crippen MR) is 61.6 cm³/mol. The van der Waals surface area contributed by atoms with E-state index in [0.717, 1.165) is 11.3 Å². The average molecular weight is 223 g/mol. The minimum Gasteiger partial charge on any atom is -0.497 e. The molecule has 1 atom stereocenters. The van der Waals surface area contributed by atoms with Gasteiger partial charge in [0.05, 0.1) is 19.8 Å². The summed E-state index contributed by atoms with van der Waals surface area (Å²) < 4.78 is 9.91. The Morgan fingerprint density at radius 2 is 2.19 bits per heavy atom. The number of hydrogen-bond donors (Lipinski definition) is 1. The quantitative estimate of drug-likeness (QED) is 0.774. The maximum Gasteiger partial charge on any atom is 0.156 e. The van der Waals surface area contributed by atoms with Crippen LogP contribution < -0.4 is 10.5 Å². The van der Waals surface area contributed by atoms with Gasteiger partial charge in [-0.1, -0.05) is 12.1 Å². The van der Waals surface area contributed by atoms with Crippen molar-refractivity contribution < 1.29 is 14.3 Å². The normalized spacial score (nSPS) is 12.2. The van der Waals surface area contributed by atoms with E-state index in [-0.39, 0.29) is 12.4 Å². The summed E-state index contributed by atoms with van der Waals surface area (Å²) in [5.74, 6) is 0.709. The number of carbonyl (C=O) groups is 1. The summed E-state index contributed by atoms with van der Waals surface area (Å²) in [6, 6.07) is 6.83. The zero-order valence-electron chi connectivity index (χ0n) is 9.60. The van der Waals surface area contributed by atoms with Crippen molar-refractivity contribution in [1.29, 1.82) is 0 Å². The largest absolute Gasteiger partial charge is 0.497 e. The fourth-order valence-electron chi connectivity index (χ4n) is 1.39. The Morgan fingerprint density at radius 1 is 1.44 bits per heavy atom. The highest BCUT2D eigenvalue weighted by Gasteiger charge is 2.13. The smallest absolute Gasteiger partial charge is 0.156 e. The first-order valence-corrected chi connectivity index (χ1v) is 5.07. The van der Waals surface area contributed by atoms with E-state index < -0.39 is 6.04 Å². The topological polar surface area (TPSA) is 61.5 Å². The molecule has 88 valence electrons. The molecule has 0 aliphatic heterocycles. The molecule has 1 aromatic rings. The number of benzene rings is 1. The van der Waals surface area contributed by atoms with Crippen LogP contribution in [0.25, 0.3) is 0 Å². The van der Waals surface area contributed by atoms with E-state index in [2.05, 4.69) is 0 Å². The number of ketones is 1. The molecule has 0 radical (unpaired) electrons. The second kappa shape index (κ2) is 6.25. The summed E-state index contributed by atoms with van der Waals surface area (Å²) in [6.07, 6.45) is 0.307. The number of nitrogens with two attached hydrogens (primary N) is 1. The van der Waals surface area contributed by atoms with Gasteiger partial charge < -0.3 is 15.2 Å². The molecule has 1 unspecified atom stereocenters. The van der Waals surface area contributed by atoms with Crippen LogP contribution in [0.1, 0.15) is 5.56 Å². The lowest BCUT2D eigenvalue weighted by molar-refractivity contribution is -0.120. The third-order valence-electron chi connectivity index (χ3n) is 2.27. The molecular weight excluding hydrogens is 206 g/mol. The molecule has 0 heterocycles. The van der Waals surface area contributed by atoms with Crippen LogP contribution in [-0.4, -0.2) is 32.7 Å². The third-order valence-corrected chi connectivity index (χ3v) is 2.27. The lowest BCUT2D eigenvalue weighted by atomic mass is 10.0. The minimum absolute atomic E-state index is 0.0323. The number of carbonyl (C=O) groups excluding carboxylic acids is 1. The van der Waals surface area contributed by atoms with Crippen LogP contribution in [0.5, 0.6) is 5.75 Å². The van der Waals surface area contributed by atoms with Gasteiger partial charge in [0, 0.05) is 13.5 Å². The summed E-state index contributed by atoms with van der Waals surface area (Å²) >= 11 is 0. The highest BCUT2D eigenvalue weighted by atomic mass is 16.5. The van der Waals surface area contributed by atoms with Crippen LogP contribution in [0.2, 0.25) is 0 Å². The van der Waals surface area contributed by atoms with Crippen molar-refractivity contribution in [3.8, 4) is 5.75 Å². The summed E-state index contributed by atoms with van der Waals surface area (Å²) in [6.45, 7) is 0.253. The standard InChI is InChI=1S/C12H17NO3/c1-15-8-11(13)12(14)7-9-4-3-5-10(6-9)16-2/h3-6,11H,7-8,13H2,1-2H3. The van der Waals surface area contributed by atoms with E-state index in [9.17, 15) is 4.79 Å². The molecule has 0 aromatic heterocycles. The molecule has 1 aromatic carbocycles. The maximum atomic E-state index is 11.7. The van der Waals surface area contributed by atoms with Crippen molar-refractivity contribution in [2.75, 3.05) is 20.8 Å². The number of hydrogen-bond acceptors (Lipinski definition) is 4. The zero-order chi connectivity index (χ0) is 12.0. The number of methoxy groups -OCH3 is 2. The first kappa shape index (κ1) is 12.7. The molecule has 2 N–H and O–H groups in total. The van der Waals surface area contributed by atoms with Gasteiger partial charge >= 0.3 is 0 Å². The molecule has 0 spiro atoms. The second-order valence-corrected chi connectivity index (χ2v) is 3.56. The van der Waals surface area contributed by atoms with Crippen molar-refractivity contribution in [2.24, 2.45) is 5.73 Å².